The van der Waals surface area contributed by atoms with Crippen molar-refractivity contribution in [2.24, 2.45) is 11.8 Å². The van der Waals surface area contributed by atoms with Gasteiger partial charge in [0.1, 0.15) is 5.82 Å². The van der Waals surface area contributed by atoms with E-state index in [9.17, 15) is 18.4 Å². The van der Waals surface area contributed by atoms with Crippen LogP contribution in [0.5, 0.6) is 0 Å². The number of hydrogen-bond acceptors (Lipinski definition) is 5. The number of sulfone groups is 1. The van der Waals surface area contributed by atoms with Crippen molar-refractivity contribution >= 4 is 15.7 Å². The minimum Gasteiger partial charge on any atom is -0.367 e. The van der Waals surface area contributed by atoms with E-state index in [0.29, 0.717) is 18.4 Å². The predicted octanol–water partition coefficient (Wildman–Crippen LogP) is 4.48. The largest absolute Gasteiger partial charge is 0.367 e. The molecular formula is C27H26FNO5S. The van der Waals surface area contributed by atoms with Crippen LogP contribution < -0.4 is 5.48 Å². The summed E-state index contributed by atoms with van der Waals surface area (Å²) in [6.45, 7) is 0. The molecule has 8 heteroatoms. The number of benzene rings is 3. The Hall–Kier alpha value is -3.07. The second-order valence-corrected chi connectivity index (χ2v) is 11.3. The van der Waals surface area contributed by atoms with E-state index < -0.39 is 45.1 Å². The third-order valence-corrected chi connectivity index (χ3v) is 9.09. The van der Waals surface area contributed by atoms with E-state index in [2.05, 4.69) is 0 Å². The van der Waals surface area contributed by atoms with Crippen molar-refractivity contribution < 1.29 is 27.5 Å². The van der Waals surface area contributed by atoms with Gasteiger partial charge < -0.3 is 4.74 Å². The van der Waals surface area contributed by atoms with Crippen LogP contribution in [0.4, 0.5) is 4.39 Å². The molecule has 6 nitrogen and oxygen atoms in total. The van der Waals surface area contributed by atoms with Gasteiger partial charge in [0.25, 0.3) is 0 Å². The minimum atomic E-state index is -3.71. The van der Waals surface area contributed by atoms with Gasteiger partial charge in [0.05, 0.1) is 22.4 Å². The van der Waals surface area contributed by atoms with Crippen LogP contribution in [0.3, 0.4) is 0 Å². The van der Waals surface area contributed by atoms with E-state index in [1.807, 2.05) is 30.3 Å². The number of hydrogen-bond donors (Lipinski definition) is 2. The highest BCUT2D eigenvalue weighted by atomic mass is 32.2. The van der Waals surface area contributed by atoms with Crippen molar-refractivity contribution in [3.05, 3.63) is 90.2 Å². The first-order valence-electron chi connectivity index (χ1n) is 11.6. The van der Waals surface area contributed by atoms with Crippen molar-refractivity contribution in [3.8, 4) is 11.1 Å². The molecule has 5 rings (SSSR count). The predicted molar refractivity (Wildman–Crippen MR) is 128 cm³/mol. The van der Waals surface area contributed by atoms with Gasteiger partial charge in [0.15, 0.2) is 9.84 Å². The average molecular weight is 496 g/mol. The van der Waals surface area contributed by atoms with Crippen molar-refractivity contribution in [2.75, 3.05) is 5.75 Å². The standard InChI is InChI=1S/C27H26FNO5S/c28-24-12-11-19(18-7-3-1-4-8-18)15-23(24)27-14-13-25(34-27)22(21(16-27)26(30)29-31)17-35(32,33)20-9-5-2-6-10-20/h1-12,15,21-22,25,31H,13-14,16-17H2,(H,29,30). The molecule has 2 N–H and O–H groups in total. The van der Waals surface area contributed by atoms with Crippen LogP contribution in [0.1, 0.15) is 24.8 Å². The van der Waals surface area contributed by atoms with Gasteiger partial charge in [0, 0.05) is 17.4 Å². The summed E-state index contributed by atoms with van der Waals surface area (Å²) >= 11 is 0. The molecule has 2 heterocycles. The molecule has 2 saturated heterocycles. The Bertz CT molecular complexity index is 1330. The zero-order chi connectivity index (χ0) is 24.6. The van der Waals surface area contributed by atoms with Gasteiger partial charge in [-0.05, 0) is 54.7 Å². The van der Waals surface area contributed by atoms with Gasteiger partial charge in [0.2, 0.25) is 5.91 Å². The molecule has 2 aliphatic heterocycles. The van der Waals surface area contributed by atoms with Gasteiger partial charge in [-0.1, -0.05) is 54.6 Å². The summed E-state index contributed by atoms with van der Waals surface area (Å²) in [5.41, 5.74) is 2.71. The van der Waals surface area contributed by atoms with Crippen LogP contribution in [-0.2, 0) is 25.0 Å². The summed E-state index contributed by atoms with van der Waals surface area (Å²) in [6.07, 6.45) is 0.438. The number of nitrogens with one attached hydrogen (secondary N) is 1. The maximum Gasteiger partial charge on any atom is 0.246 e. The van der Waals surface area contributed by atoms with E-state index in [0.717, 1.165) is 11.1 Å². The van der Waals surface area contributed by atoms with E-state index >= 15 is 4.39 Å². The SMILES string of the molecule is O=C(NO)C1CC2(c3cc(-c4ccccc4)ccc3F)CCC(O2)C1CS(=O)(=O)c1ccccc1. The Kier molecular flexibility index (Phi) is 6.21. The lowest BCUT2D eigenvalue weighted by Gasteiger charge is -2.42. The molecule has 1 amide bonds. The summed E-state index contributed by atoms with van der Waals surface area (Å²) in [5, 5.41) is 9.45. The fraction of sp³-hybridized carbons (Fsp3) is 0.296. The number of ether oxygens (including phenoxy) is 1. The Labute approximate surface area is 203 Å². The fourth-order valence-electron chi connectivity index (χ4n) is 5.56. The molecule has 0 saturated carbocycles. The highest BCUT2D eigenvalue weighted by molar-refractivity contribution is 7.91. The third kappa shape index (κ3) is 4.37. The highest BCUT2D eigenvalue weighted by Crippen LogP contribution is 2.54. The van der Waals surface area contributed by atoms with E-state index in [1.165, 1.54) is 18.2 Å². The first-order chi connectivity index (χ1) is 16.8. The van der Waals surface area contributed by atoms with Crippen molar-refractivity contribution in [2.45, 2.75) is 35.9 Å². The van der Waals surface area contributed by atoms with Gasteiger partial charge >= 0.3 is 0 Å². The smallest absolute Gasteiger partial charge is 0.246 e. The number of fused-ring (bicyclic) bond motifs is 2. The Balaban J connectivity index is 1.50. The lowest BCUT2D eigenvalue weighted by Crippen LogP contribution is -2.49. The molecule has 4 atom stereocenters. The molecule has 182 valence electrons. The number of halogens is 1. The Morgan fingerprint density at radius 2 is 1.71 bits per heavy atom. The summed E-state index contributed by atoms with van der Waals surface area (Å²) in [5.74, 6) is -2.97. The van der Waals surface area contributed by atoms with Gasteiger partial charge in [-0.2, -0.15) is 0 Å². The van der Waals surface area contributed by atoms with Crippen LogP contribution in [0.25, 0.3) is 11.1 Å². The topological polar surface area (TPSA) is 92.7 Å². The van der Waals surface area contributed by atoms with Crippen LogP contribution in [0.2, 0.25) is 0 Å². The second kappa shape index (κ2) is 9.18. The molecule has 2 bridgehead atoms. The zero-order valence-electron chi connectivity index (χ0n) is 18.9. The molecule has 0 radical (unpaired) electrons. The van der Waals surface area contributed by atoms with E-state index in [1.54, 1.807) is 35.8 Å². The highest BCUT2D eigenvalue weighted by Gasteiger charge is 2.56. The molecule has 0 spiro atoms. The zero-order valence-corrected chi connectivity index (χ0v) is 19.7. The van der Waals surface area contributed by atoms with Crippen LogP contribution in [0.15, 0.2) is 83.8 Å². The monoisotopic (exact) mass is 495 g/mol. The first-order valence-corrected chi connectivity index (χ1v) is 13.2. The molecule has 4 unspecified atom stereocenters. The molecule has 2 aliphatic rings. The lowest BCUT2D eigenvalue weighted by molar-refractivity contribution is -0.159. The number of carbonyl (C=O) groups is 1. The molecule has 35 heavy (non-hydrogen) atoms. The molecule has 0 aliphatic carbocycles. The summed E-state index contributed by atoms with van der Waals surface area (Å²) in [6, 6.07) is 22.5. The molecule has 3 aromatic rings. The number of amides is 1. The van der Waals surface area contributed by atoms with Crippen LogP contribution >= 0.6 is 0 Å². The molecule has 3 aromatic carbocycles. The number of rotatable bonds is 6. The normalized spacial score (nSPS) is 25.8. The van der Waals surface area contributed by atoms with Gasteiger partial charge in [-0.25, -0.2) is 18.3 Å². The van der Waals surface area contributed by atoms with Gasteiger partial charge in [-0.3, -0.25) is 10.0 Å². The maximum atomic E-state index is 15.2. The summed E-state index contributed by atoms with van der Waals surface area (Å²) in [4.78, 5) is 12.9. The third-order valence-electron chi connectivity index (χ3n) is 7.28. The maximum absolute atomic E-state index is 15.2. The summed E-state index contributed by atoms with van der Waals surface area (Å²) < 4.78 is 47.8. The van der Waals surface area contributed by atoms with E-state index in [4.69, 9.17) is 4.74 Å². The Morgan fingerprint density at radius 1 is 1.03 bits per heavy atom. The Morgan fingerprint density at radius 3 is 2.40 bits per heavy atom. The fourth-order valence-corrected chi connectivity index (χ4v) is 7.28. The van der Waals surface area contributed by atoms with Crippen molar-refractivity contribution in [1.29, 1.82) is 0 Å². The molecule has 2 fully saturated rings. The van der Waals surface area contributed by atoms with E-state index in [-0.39, 0.29) is 17.1 Å². The lowest BCUT2D eigenvalue weighted by atomic mass is 9.77. The average Bonchev–Trinajstić information content (AvgIpc) is 3.25. The van der Waals surface area contributed by atoms with Crippen molar-refractivity contribution in [3.63, 3.8) is 0 Å². The van der Waals surface area contributed by atoms with Crippen LogP contribution in [0, 0.1) is 17.7 Å². The second-order valence-electron chi connectivity index (χ2n) is 9.29. The molecular weight excluding hydrogens is 469 g/mol. The van der Waals surface area contributed by atoms with Gasteiger partial charge in [-0.15, -0.1) is 0 Å². The summed E-state index contributed by atoms with van der Waals surface area (Å²) in [7, 11) is -3.71. The van der Waals surface area contributed by atoms with Crippen LogP contribution in [-0.4, -0.2) is 31.4 Å². The minimum absolute atomic E-state index is 0.0695. The molecule has 0 aromatic heterocycles. The number of hydroxylamine groups is 1. The number of carbonyl (C=O) groups excluding carboxylic acids is 1. The van der Waals surface area contributed by atoms with Crippen molar-refractivity contribution in [1.82, 2.24) is 5.48 Å². The quantitative estimate of drug-likeness (QED) is 0.389. The first kappa shape index (κ1) is 23.7.